The minimum atomic E-state index is -0.546. The largest absolute Gasteiger partial charge is 0.388 e. The molecule has 1 aromatic carbocycles. The first-order valence-electron chi connectivity index (χ1n) is 13.0. The Kier molecular flexibility index (Phi) is 12.2. The van der Waals surface area contributed by atoms with Crippen molar-refractivity contribution >= 4 is 23.1 Å². The molecule has 1 N–H and O–H groups in total. The second kappa shape index (κ2) is 15.1. The quantitative estimate of drug-likeness (QED) is 0.194. The number of aryl methyl sites for hydroxylation is 2. The molecule has 0 radical (unpaired) electrons. The van der Waals surface area contributed by atoms with Crippen LogP contribution in [-0.2, 0) is 22.6 Å². The standard InChI is InChI=1S/C17H18FN3O.C9H13NO.C5H10/c1-4-5-15-17(12(3)20-10-21-15)14(9-22)11(2)13-6-7-16(18)19-8-13;1-10-9-5-3-8(4-6-9)7-11-2;1-5(2)3-4-5/h6-10H,4-5H2,1-3H3;3-6,10H,7H2,1-2H3;3-4H2,1-2H3/b14-11+;;. The van der Waals surface area contributed by atoms with E-state index in [-0.39, 0.29) is 0 Å². The molecule has 0 unspecified atom stereocenters. The number of halogens is 1. The Morgan fingerprint density at radius 1 is 1.11 bits per heavy atom. The third kappa shape index (κ3) is 9.78. The number of ether oxygens (including phenoxy) is 1. The van der Waals surface area contributed by atoms with Crippen LogP contribution in [0.15, 0.2) is 48.9 Å². The second-order valence-corrected chi connectivity index (χ2v) is 10.1. The Labute approximate surface area is 226 Å². The summed E-state index contributed by atoms with van der Waals surface area (Å²) in [4.78, 5) is 23.8. The molecule has 0 bridgehead atoms. The van der Waals surface area contributed by atoms with Gasteiger partial charge < -0.3 is 10.1 Å². The van der Waals surface area contributed by atoms with Gasteiger partial charge in [0.25, 0.3) is 0 Å². The highest BCUT2D eigenvalue weighted by atomic mass is 19.1. The van der Waals surface area contributed by atoms with Crippen LogP contribution in [0.1, 0.15) is 75.0 Å². The summed E-state index contributed by atoms with van der Waals surface area (Å²) in [7, 11) is 3.61. The Morgan fingerprint density at radius 2 is 1.76 bits per heavy atom. The summed E-state index contributed by atoms with van der Waals surface area (Å²) >= 11 is 0. The van der Waals surface area contributed by atoms with Gasteiger partial charge in [-0.2, -0.15) is 4.39 Å². The number of benzene rings is 1. The number of carbonyl (C=O) groups is 1. The SMILES string of the molecule is CC1(C)CC1.CCCc1ncnc(C)c1/C(C=O)=C(\C)c1ccc(F)nc1.CNc1ccc(COC)cc1. The van der Waals surface area contributed by atoms with Crippen molar-refractivity contribution in [3.8, 4) is 0 Å². The van der Waals surface area contributed by atoms with Gasteiger partial charge in [-0.25, -0.2) is 15.0 Å². The maximum Gasteiger partial charge on any atom is 0.212 e. The lowest BCUT2D eigenvalue weighted by Crippen LogP contribution is -2.05. The van der Waals surface area contributed by atoms with Gasteiger partial charge in [-0.3, -0.25) is 4.79 Å². The number of hydrogen-bond donors (Lipinski definition) is 1. The lowest BCUT2D eigenvalue weighted by Gasteiger charge is -2.13. The first-order chi connectivity index (χ1) is 18.1. The molecule has 2 aromatic heterocycles. The Balaban J connectivity index is 0.000000260. The lowest BCUT2D eigenvalue weighted by molar-refractivity contribution is -0.103. The molecule has 1 fully saturated rings. The molecule has 7 heteroatoms. The predicted molar refractivity (Wildman–Crippen MR) is 153 cm³/mol. The number of nitrogens with zero attached hydrogens (tertiary/aromatic N) is 3. The molecule has 6 nitrogen and oxygen atoms in total. The highest BCUT2D eigenvalue weighted by molar-refractivity contribution is 6.17. The molecular formula is C31H41FN4O2. The van der Waals surface area contributed by atoms with E-state index < -0.39 is 5.95 Å². The van der Waals surface area contributed by atoms with Gasteiger partial charge in [0.1, 0.15) is 6.33 Å². The van der Waals surface area contributed by atoms with Gasteiger partial charge >= 0.3 is 0 Å². The minimum absolute atomic E-state index is 0.523. The topological polar surface area (TPSA) is 77.0 Å². The van der Waals surface area contributed by atoms with E-state index in [1.54, 1.807) is 13.2 Å². The molecular weight excluding hydrogens is 479 g/mol. The molecule has 0 aliphatic heterocycles. The Bertz CT molecular complexity index is 1180. The maximum atomic E-state index is 13.0. The van der Waals surface area contributed by atoms with Gasteiger partial charge in [0.15, 0.2) is 6.29 Å². The zero-order valence-electron chi connectivity index (χ0n) is 23.8. The summed E-state index contributed by atoms with van der Waals surface area (Å²) in [5.41, 5.74) is 7.42. The van der Waals surface area contributed by atoms with Crippen molar-refractivity contribution in [3.05, 3.63) is 82.9 Å². The van der Waals surface area contributed by atoms with Crippen molar-refractivity contribution in [2.75, 3.05) is 19.5 Å². The van der Waals surface area contributed by atoms with Crippen molar-refractivity contribution < 1.29 is 13.9 Å². The van der Waals surface area contributed by atoms with E-state index in [0.29, 0.717) is 17.7 Å². The van der Waals surface area contributed by atoms with E-state index in [4.69, 9.17) is 4.74 Å². The maximum absolute atomic E-state index is 13.0. The number of aromatic nitrogens is 3. The summed E-state index contributed by atoms with van der Waals surface area (Å²) in [6, 6.07) is 11.1. The van der Waals surface area contributed by atoms with Crippen molar-refractivity contribution in [2.45, 2.75) is 66.9 Å². The smallest absolute Gasteiger partial charge is 0.212 e. The summed E-state index contributed by atoms with van der Waals surface area (Å²) < 4.78 is 17.9. The van der Waals surface area contributed by atoms with Gasteiger partial charge in [-0.05, 0) is 79.5 Å². The first-order valence-corrected chi connectivity index (χ1v) is 13.0. The van der Waals surface area contributed by atoms with Crippen molar-refractivity contribution in [2.24, 2.45) is 5.41 Å². The zero-order chi connectivity index (χ0) is 28.1. The fraction of sp³-hybridized carbons (Fsp3) is 0.419. The number of rotatable bonds is 8. The van der Waals surface area contributed by atoms with E-state index in [1.807, 2.05) is 33.0 Å². The highest BCUT2D eigenvalue weighted by Gasteiger charge is 2.30. The molecule has 1 aliphatic rings. The number of methoxy groups -OCH3 is 1. The van der Waals surface area contributed by atoms with Gasteiger partial charge in [0, 0.05) is 42.9 Å². The molecule has 38 heavy (non-hydrogen) atoms. The van der Waals surface area contributed by atoms with Crippen LogP contribution in [0.3, 0.4) is 0 Å². The average molecular weight is 521 g/mol. The van der Waals surface area contributed by atoms with E-state index in [2.05, 4.69) is 53.2 Å². The number of pyridine rings is 1. The third-order valence-corrected chi connectivity index (χ3v) is 6.36. The highest BCUT2D eigenvalue weighted by Crippen LogP contribution is 2.43. The van der Waals surface area contributed by atoms with Gasteiger partial charge in [-0.15, -0.1) is 0 Å². The van der Waals surface area contributed by atoms with Crippen LogP contribution in [-0.4, -0.2) is 35.4 Å². The number of nitrogens with one attached hydrogen (secondary N) is 1. The average Bonchev–Trinajstić information content (AvgIpc) is 3.62. The van der Waals surface area contributed by atoms with Gasteiger partial charge in [-0.1, -0.05) is 39.3 Å². The second-order valence-electron chi connectivity index (χ2n) is 10.1. The molecule has 0 atom stereocenters. The fourth-order valence-electron chi connectivity index (χ4n) is 3.57. The van der Waals surface area contributed by atoms with Gasteiger partial charge in [0.2, 0.25) is 5.95 Å². The first kappa shape index (κ1) is 30.8. The molecule has 4 rings (SSSR count). The molecule has 0 amide bonds. The van der Waals surface area contributed by atoms with Crippen LogP contribution in [0.2, 0.25) is 0 Å². The van der Waals surface area contributed by atoms with Crippen molar-refractivity contribution in [1.82, 2.24) is 15.0 Å². The third-order valence-electron chi connectivity index (χ3n) is 6.36. The molecule has 1 saturated carbocycles. The number of allylic oxidation sites excluding steroid dienone is 2. The van der Waals surface area contributed by atoms with Crippen LogP contribution in [0, 0.1) is 18.3 Å². The lowest BCUT2D eigenvalue weighted by atomic mass is 9.94. The molecule has 3 aromatic rings. The zero-order valence-corrected chi connectivity index (χ0v) is 23.8. The van der Waals surface area contributed by atoms with Crippen LogP contribution < -0.4 is 5.32 Å². The Hall–Kier alpha value is -3.45. The van der Waals surface area contributed by atoms with Gasteiger partial charge in [0.05, 0.1) is 12.3 Å². The number of hydrogen-bond acceptors (Lipinski definition) is 6. The molecule has 204 valence electrons. The molecule has 2 heterocycles. The predicted octanol–water partition coefficient (Wildman–Crippen LogP) is 7.08. The number of aldehydes is 1. The van der Waals surface area contributed by atoms with E-state index >= 15 is 0 Å². The van der Waals surface area contributed by atoms with Crippen LogP contribution in [0.5, 0.6) is 0 Å². The van der Waals surface area contributed by atoms with Crippen molar-refractivity contribution in [1.29, 1.82) is 0 Å². The minimum Gasteiger partial charge on any atom is -0.388 e. The number of carbonyl (C=O) groups excluding carboxylic acids is 1. The normalized spacial score (nSPS) is 13.7. The van der Waals surface area contributed by atoms with Crippen molar-refractivity contribution in [3.63, 3.8) is 0 Å². The monoisotopic (exact) mass is 520 g/mol. The summed E-state index contributed by atoms with van der Waals surface area (Å²) in [5.74, 6) is -0.546. The number of anilines is 1. The van der Waals surface area contributed by atoms with Crippen LogP contribution in [0.25, 0.3) is 11.1 Å². The van der Waals surface area contributed by atoms with Crippen LogP contribution in [0.4, 0.5) is 10.1 Å². The molecule has 0 spiro atoms. The Morgan fingerprint density at radius 3 is 2.24 bits per heavy atom. The fourth-order valence-corrected chi connectivity index (χ4v) is 3.57. The molecule has 0 saturated heterocycles. The summed E-state index contributed by atoms with van der Waals surface area (Å²) in [5, 5.41) is 3.06. The van der Waals surface area contributed by atoms with Crippen LogP contribution >= 0.6 is 0 Å². The van der Waals surface area contributed by atoms with E-state index in [9.17, 15) is 9.18 Å². The summed E-state index contributed by atoms with van der Waals surface area (Å²) in [6.45, 7) is 11.0. The van der Waals surface area contributed by atoms with E-state index in [1.165, 1.54) is 37.0 Å². The molecule has 1 aliphatic carbocycles. The van der Waals surface area contributed by atoms with E-state index in [0.717, 1.165) is 52.8 Å². The summed E-state index contributed by atoms with van der Waals surface area (Å²) in [6.07, 6.45) is 8.34.